The van der Waals surface area contributed by atoms with Crippen LogP contribution in [-0.2, 0) is 16.6 Å². The topological polar surface area (TPSA) is 90.2 Å². The summed E-state index contributed by atoms with van der Waals surface area (Å²) in [4.78, 5) is 11.5. The molecule has 0 radical (unpaired) electrons. The van der Waals surface area contributed by atoms with Crippen LogP contribution in [0.4, 0.5) is 0 Å². The molecule has 0 amide bonds. The Kier molecular flexibility index (Phi) is 4.88. The van der Waals surface area contributed by atoms with Crippen molar-refractivity contribution in [3.8, 4) is 11.5 Å². The van der Waals surface area contributed by atoms with Crippen LogP contribution in [0.3, 0.4) is 0 Å². The van der Waals surface area contributed by atoms with Gasteiger partial charge in [0.05, 0.1) is 6.10 Å². The summed E-state index contributed by atoms with van der Waals surface area (Å²) in [5.74, 6) is 0.604. The molecule has 7 heteroatoms. The molecular formula is C19H26ClNO5. The van der Waals surface area contributed by atoms with Gasteiger partial charge >= 0.3 is 0 Å². The molecule has 1 saturated carbocycles. The van der Waals surface area contributed by atoms with Crippen molar-refractivity contribution in [3.05, 3.63) is 23.3 Å². The van der Waals surface area contributed by atoms with E-state index in [0.29, 0.717) is 17.7 Å². The molecule has 5 atom stereocenters. The maximum Gasteiger partial charge on any atom is 0.300 e. The monoisotopic (exact) mass is 383 g/mol. The average molecular weight is 384 g/mol. The minimum atomic E-state index is -0.833. The third-order valence-electron chi connectivity index (χ3n) is 6.56. The Bertz CT molecular complexity index is 722. The van der Waals surface area contributed by atoms with Crippen LogP contribution in [-0.4, -0.2) is 58.0 Å². The predicted octanol–water partition coefficient (Wildman–Crippen LogP) is 1.93. The van der Waals surface area contributed by atoms with Gasteiger partial charge in [-0.3, -0.25) is 4.79 Å². The van der Waals surface area contributed by atoms with Gasteiger partial charge in [0.15, 0.2) is 11.5 Å². The molecule has 6 nitrogen and oxygen atoms in total. The van der Waals surface area contributed by atoms with Crippen molar-refractivity contribution in [2.24, 2.45) is 5.92 Å². The van der Waals surface area contributed by atoms with Crippen molar-refractivity contribution in [2.45, 2.75) is 56.3 Å². The minimum absolute atomic E-state index is 0. The number of nitrogens with zero attached hydrogens (tertiary/aromatic N) is 1. The van der Waals surface area contributed by atoms with Gasteiger partial charge in [-0.2, -0.15) is 0 Å². The third kappa shape index (κ3) is 2.50. The lowest BCUT2D eigenvalue weighted by Gasteiger charge is -2.58. The van der Waals surface area contributed by atoms with Crippen molar-refractivity contribution in [1.29, 1.82) is 0 Å². The van der Waals surface area contributed by atoms with E-state index in [1.165, 1.54) is 11.1 Å². The summed E-state index contributed by atoms with van der Waals surface area (Å²) >= 11 is 0. The van der Waals surface area contributed by atoms with Crippen molar-refractivity contribution in [1.82, 2.24) is 4.90 Å². The standard InChI is InChI=1S/C17H21NO3.C2H4O2.ClH/c1-18-7-6-17-10-3-5-13(20)16(17)21-15-12(19)4-2-9(14(15)17)8-11(10)18;1-2(3)4;/h2,4,10-11,13,16,19-20H,3,5-8H2,1H3;1H3,(H,3,4);1H/t10-,11+,13-,16-,17-;;/m0../s1. The van der Waals surface area contributed by atoms with Gasteiger partial charge in [-0.25, -0.2) is 0 Å². The van der Waals surface area contributed by atoms with E-state index in [9.17, 15) is 10.2 Å². The van der Waals surface area contributed by atoms with Crippen molar-refractivity contribution >= 4 is 18.4 Å². The highest BCUT2D eigenvalue weighted by atomic mass is 35.5. The first-order valence-corrected chi connectivity index (χ1v) is 8.96. The largest absolute Gasteiger partial charge is 0.504 e. The maximum absolute atomic E-state index is 10.5. The number of carboxylic acid groups (broad SMARTS) is 1. The molecular weight excluding hydrogens is 358 g/mol. The molecule has 1 aromatic rings. The Morgan fingerprint density at radius 3 is 2.73 bits per heavy atom. The number of aromatic hydroxyl groups is 1. The van der Waals surface area contributed by atoms with E-state index >= 15 is 0 Å². The highest BCUT2D eigenvalue weighted by Gasteiger charge is 2.65. The van der Waals surface area contributed by atoms with Gasteiger partial charge in [0.1, 0.15) is 6.10 Å². The van der Waals surface area contributed by atoms with Crippen LogP contribution in [0.25, 0.3) is 0 Å². The highest BCUT2D eigenvalue weighted by Crippen LogP contribution is 2.63. The van der Waals surface area contributed by atoms with Gasteiger partial charge < -0.3 is 25.0 Å². The number of benzene rings is 1. The van der Waals surface area contributed by atoms with Crippen LogP contribution in [0.2, 0.25) is 0 Å². The first kappa shape index (κ1) is 19.3. The fourth-order valence-electron chi connectivity index (χ4n) is 5.71. The summed E-state index contributed by atoms with van der Waals surface area (Å²) in [6.07, 6.45) is 3.35. The molecule has 0 aromatic heterocycles. The van der Waals surface area contributed by atoms with E-state index in [4.69, 9.17) is 14.6 Å². The molecule has 3 N–H and O–H groups in total. The molecule has 2 aliphatic carbocycles. The van der Waals surface area contributed by atoms with Gasteiger partial charge in [-0.05, 0) is 56.8 Å². The number of likely N-dealkylation sites (N-methyl/N-ethyl adjacent to an activating group) is 1. The molecule has 1 spiro atoms. The van der Waals surface area contributed by atoms with Crippen LogP contribution in [0, 0.1) is 5.92 Å². The Hall–Kier alpha value is -1.50. The fraction of sp³-hybridized carbons (Fsp3) is 0.632. The third-order valence-corrected chi connectivity index (χ3v) is 6.56. The molecule has 4 aliphatic rings. The number of phenolic OH excluding ortho intramolecular Hbond substituents is 1. The number of likely N-dealkylation sites (tertiary alicyclic amines) is 1. The number of carboxylic acids is 1. The van der Waals surface area contributed by atoms with Gasteiger partial charge in [-0.15, -0.1) is 12.4 Å². The summed E-state index contributed by atoms with van der Waals surface area (Å²) in [7, 11) is 2.22. The van der Waals surface area contributed by atoms with Gasteiger partial charge in [-0.1, -0.05) is 6.07 Å². The van der Waals surface area contributed by atoms with Crippen molar-refractivity contribution < 1.29 is 24.9 Å². The second-order valence-electron chi connectivity index (χ2n) is 7.80. The van der Waals surface area contributed by atoms with Crippen LogP contribution in [0.15, 0.2) is 12.1 Å². The summed E-state index contributed by atoms with van der Waals surface area (Å²) in [5.41, 5.74) is 2.46. The molecule has 0 unspecified atom stereocenters. The Balaban J connectivity index is 0.000000360. The quantitative estimate of drug-likeness (QED) is 0.634. The number of aliphatic hydroxyl groups is 1. The number of hydrogen-bond donors (Lipinski definition) is 3. The second kappa shape index (κ2) is 6.59. The Morgan fingerprint density at radius 2 is 2.04 bits per heavy atom. The number of carbonyl (C=O) groups is 1. The number of halogens is 1. The summed E-state index contributed by atoms with van der Waals surface area (Å²) in [6.45, 7) is 2.13. The number of piperidine rings is 1. The molecule has 2 heterocycles. The zero-order valence-corrected chi connectivity index (χ0v) is 15.8. The zero-order valence-electron chi connectivity index (χ0n) is 15.0. The number of phenols is 1. The van der Waals surface area contributed by atoms with Gasteiger partial charge in [0.25, 0.3) is 5.97 Å². The fourth-order valence-corrected chi connectivity index (χ4v) is 5.71. The lowest BCUT2D eigenvalue weighted by atomic mass is 9.51. The highest BCUT2D eigenvalue weighted by molar-refractivity contribution is 5.85. The summed E-state index contributed by atoms with van der Waals surface area (Å²) in [5, 5.41) is 28.2. The Labute approximate surface area is 159 Å². The van der Waals surface area contributed by atoms with Crippen LogP contribution in [0.5, 0.6) is 11.5 Å². The van der Waals surface area contributed by atoms with Crippen LogP contribution in [0.1, 0.15) is 37.3 Å². The lowest BCUT2D eigenvalue weighted by molar-refractivity contribution is -0.134. The van der Waals surface area contributed by atoms with Crippen LogP contribution < -0.4 is 4.74 Å². The summed E-state index contributed by atoms with van der Waals surface area (Å²) in [6, 6.07) is 4.36. The molecule has 5 rings (SSSR count). The predicted molar refractivity (Wildman–Crippen MR) is 98.2 cm³/mol. The number of rotatable bonds is 0. The molecule has 26 heavy (non-hydrogen) atoms. The van der Waals surface area contributed by atoms with Crippen LogP contribution >= 0.6 is 12.4 Å². The lowest BCUT2D eigenvalue weighted by Crippen LogP contribution is -2.66. The maximum atomic E-state index is 10.5. The molecule has 1 saturated heterocycles. The molecule has 2 bridgehead atoms. The molecule has 1 aromatic carbocycles. The SMILES string of the molecule is CC(=O)O.CN1CC[C@]23c4c5ccc(O)c4O[C@H]2[C@@H](O)CC[C@H]3[C@H]1C5.Cl. The van der Waals surface area contributed by atoms with Crippen molar-refractivity contribution in [3.63, 3.8) is 0 Å². The van der Waals surface area contributed by atoms with E-state index in [1.807, 2.05) is 0 Å². The van der Waals surface area contributed by atoms with Gasteiger partial charge in [0, 0.05) is 23.9 Å². The number of aliphatic hydroxyl groups excluding tert-OH is 1. The van der Waals surface area contributed by atoms with Gasteiger partial charge in [0.2, 0.25) is 0 Å². The number of ether oxygens (including phenoxy) is 1. The molecule has 144 valence electrons. The normalized spacial score (nSPS) is 36.0. The first-order valence-electron chi connectivity index (χ1n) is 8.96. The van der Waals surface area contributed by atoms with E-state index in [0.717, 1.165) is 39.2 Å². The smallest absolute Gasteiger partial charge is 0.300 e. The molecule has 2 fully saturated rings. The molecule has 2 aliphatic heterocycles. The van der Waals surface area contributed by atoms with E-state index in [1.54, 1.807) is 6.07 Å². The average Bonchev–Trinajstić information content (AvgIpc) is 2.90. The minimum Gasteiger partial charge on any atom is -0.504 e. The second-order valence-corrected chi connectivity index (χ2v) is 7.80. The Morgan fingerprint density at radius 1 is 1.35 bits per heavy atom. The zero-order chi connectivity index (χ0) is 17.9. The number of aliphatic carboxylic acids is 1. The van der Waals surface area contributed by atoms with E-state index in [-0.39, 0.29) is 29.7 Å². The summed E-state index contributed by atoms with van der Waals surface area (Å²) < 4.78 is 6.14. The van der Waals surface area contributed by atoms with E-state index in [2.05, 4.69) is 18.0 Å². The van der Waals surface area contributed by atoms with E-state index < -0.39 is 12.1 Å². The number of hydrogen-bond acceptors (Lipinski definition) is 5. The van der Waals surface area contributed by atoms with Crippen molar-refractivity contribution in [2.75, 3.05) is 13.6 Å². The first-order chi connectivity index (χ1) is 11.9.